The van der Waals surface area contributed by atoms with E-state index in [1.165, 1.54) is 0 Å². The van der Waals surface area contributed by atoms with Crippen molar-refractivity contribution in [3.63, 3.8) is 0 Å². The van der Waals surface area contributed by atoms with Crippen molar-refractivity contribution in [3.8, 4) is 0 Å². The minimum absolute atomic E-state index is 0.110. The summed E-state index contributed by atoms with van der Waals surface area (Å²) in [4.78, 5) is 0.545. The topological polar surface area (TPSA) is 52.3 Å². The van der Waals surface area contributed by atoms with Gasteiger partial charge >= 0.3 is 0 Å². The largest absolute Gasteiger partial charge is 0.399 e. The zero-order chi connectivity index (χ0) is 13.7. The van der Waals surface area contributed by atoms with Gasteiger partial charge in [0.15, 0.2) is 0 Å². The average molecular weight is 296 g/mol. The number of benzene rings is 2. The molecule has 0 aliphatic heterocycles. The summed E-state index contributed by atoms with van der Waals surface area (Å²) in [5.74, 6) is 0.110. The van der Waals surface area contributed by atoms with Crippen LogP contribution in [0.3, 0.4) is 0 Å². The predicted molar refractivity (Wildman–Crippen MR) is 78.4 cm³/mol. The number of ether oxygens (including phenoxy) is 1. The van der Waals surface area contributed by atoms with Gasteiger partial charge in [-0.3, -0.25) is 4.21 Å². The normalized spacial score (nSPS) is 12.3. The molecule has 0 heterocycles. The van der Waals surface area contributed by atoms with Crippen LogP contribution in [0.5, 0.6) is 0 Å². The van der Waals surface area contributed by atoms with Gasteiger partial charge in [0.05, 0.1) is 27.3 Å². The van der Waals surface area contributed by atoms with Crippen molar-refractivity contribution in [3.05, 3.63) is 59.1 Å². The first kappa shape index (κ1) is 14.1. The second-order valence-corrected chi connectivity index (χ2v) is 5.76. The van der Waals surface area contributed by atoms with Gasteiger partial charge in [-0.2, -0.15) is 0 Å². The van der Waals surface area contributed by atoms with E-state index in [9.17, 15) is 4.21 Å². The molecular formula is C14H14ClNO2S. The van der Waals surface area contributed by atoms with Crippen LogP contribution in [0.1, 0.15) is 5.56 Å². The highest BCUT2D eigenvalue weighted by Gasteiger charge is 2.09. The second kappa shape index (κ2) is 6.70. The maximum Gasteiger partial charge on any atom is 0.127 e. The lowest BCUT2D eigenvalue weighted by atomic mass is 10.2. The third-order valence-corrected chi connectivity index (χ3v) is 4.16. The van der Waals surface area contributed by atoms with E-state index in [1.807, 2.05) is 30.3 Å². The summed E-state index contributed by atoms with van der Waals surface area (Å²) in [6, 6.07) is 14.7. The molecule has 2 N–H and O–H groups in total. The van der Waals surface area contributed by atoms with Crippen molar-refractivity contribution < 1.29 is 8.95 Å². The van der Waals surface area contributed by atoms with Crippen LogP contribution in [0, 0.1) is 0 Å². The van der Waals surface area contributed by atoms with Crippen LogP contribution in [0.4, 0.5) is 5.69 Å². The lowest BCUT2D eigenvalue weighted by molar-refractivity contribution is 0.166. The molecule has 2 aromatic rings. The van der Waals surface area contributed by atoms with Crippen LogP contribution in [0.25, 0.3) is 0 Å². The van der Waals surface area contributed by atoms with Gasteiger partial charge in [-0.15, -0.1) is 0 Å². The van der Waals surface area contributed by atoms with Gasteiger partial charge < -0.3 is 10.5 Å². The number of hydrogen-bond acceptors (Lipinski definition) is 3. The smallest absolute Gasteiger partial charge is 0.127 e. The first-order valence-corrected chi connectivity index (χ1v) is 7.41. The van der Waals surface area contributed by atoms with Crippen LogP contribution in [0.15, 0.2) is 53.4 Å². The lowest BCUT2D eigenvalue weighted by Gasteiger charge is -2.07. The zero-order valence-electron chi connectivity index (χ0n) is 10.2. The van der Waals surface area contributed by atoms with E-state index < -0.39 is 10.8 Å². The second-order valence-electron chi connectivity index (χ2n) is 3.99. The maximum atomic E-state index is 12.0. The molecule has 0 radical (unpaired) electrons. The molecular weight excluding hydrogens is 282 g/mol. The molecule has 0 aliphatic carbocycles. The molecule has 5 heteroatoms. The Labute approximate surface area is 119 Å². The Hall–Kier alpha value is -1.36. The fourth-order valence-electron chi connectivity index (χ4n) is 1.57. The predicted octanol–water partition coefficient (Wildman–Crippen LogP) is 3.20. The number of nitrogen functional groups attached to an aromatic ring is 1. The van der Waals surface area contributed by atoms with E-state index in [1.54, 1.807) is 18.2 Å². The standard InChI is InChI=1S/C14H14ClNO2S/c15-13-8-12(16)6-7-14(13)19(17)10-18-9-11-4-2-1-3-5-11/h1-8H,9-10,16H2. The van der Waals surface area contributed by atoms with Gasteiger partial charge in [-0.1, -0.05) is 41.9 Å². The Kier molecular flexibility index (Phi) is 4.96. The number of hydrogen-bond donors (Lipinski definition) is 1. The highest BCUT2D eigenvalue weighted by atomic mass is 35.5. The van der Waals surface area contributed by atoms with Crippen molar-refractivity contribution in [1.82, 2.24) is 0 Å². The van der Waals surface area contributed by atoms with Crippen LogP contribution in [0.2, 0.25) is 5.02 Å². The molecule has 1 atom stereocenters. The minimum atomic E-state index is -1.29. The summed E-state index contributed by atoms with van der Waals surface area (Å²) in [5.41, 5.74) is 7.19. The summed E-state index contributed by atoms with van der Waals surface area (Å²) in [5, 5.41) is 0.404. The summed E-state index contributed by atoms with van der Waals surface area (Å²) >= 11 is 5.99. The van der Waals surface area contributed by atoms with Crippen molar-refractivity contribution in [2.24, 2.45) is 0 Å². The molecule has 1 unspecified atom stereocenters. The molecule has 0 saturated heterocycles. The van der Waals surface area contributed by atoms with Crippen molar-refractivity contribution >= 4 is 28.1 Å². The highest BCUT2D eigenvalue weighted by Crippen LogP contribution is 2.22. The van der Waals surface area contributed by atoms with Crippen molar-refractivity contribution in [2.75, 3.05) is 11.7 Å². The van der Waals surface area contributed by atoms with Crippen LogP contribution >= 0.6 is 11.6 Å². The SMILES string of the molecule is Nc1ccc(S(=O)COCc2ccccc2)c(Cl)c1. The number of nitrogens with two attached hydrogens (primary N) is 1. The molecule has 0 aromatic heterocycles. The molecule has 0 aliphatic rings. The fourth-order valence-corrected chi connectivity index (χ4v) is 2.88. The maximum absolute atomic E-state index is 12.0. The average Bonchev–Trinajstić information content (AvgIpc) is 2.39. The molecule has 0 amide bonds. The number of rotatable bonds is 5. The first-order valence-electron chi connectivity index (χ1n) is 5.72. The molecule has 0 spiro atoms. The molecule has 0 saturated carbocycles. The van der Waals surface area contributed by atoms with E-state index in [4.69, 9.17) is 22.1 Å². The monoisotopic (exact) mass is 295 g/mol. The van der Waals surface area contributed by atoms with E-state index in [-0.39, 0.29) is 5.94 Å². The summed E-state index contributed by atoms with van der Waals surface area (Å²) in [7, 11) is -1.29. The molecule has 0 bridgehead atoms. The van der Waals surface area contributed by atoms with Crippen LogP contribution in [-0.2, 0) is 22.1 Å². The van der Waals surface area contributed by atoms with Gasteiger partial charge in [-0.05, 0) is 23.8 Å². The minimum Gasteiger partial charge on any atom is -0.399 e. The van der Waals surface area contributed by atoms with Gasteiger partial charge in [-0.25, -0.2) is 0 Å². The summed E-state index contributed by atoms with van der Waals surface area (Å²) in [6.45, 7) is 0.430. The summed E-state index contributed by atoms with van der Waals surface area (Å²) in [6.07, 6.45) is 0. The van der Waals surface area contributed by atoms with Crippen LogP contribution < -0.4 is 5.73 Å². The van der Waals surface area contributed by atoms with Gasteiger partial charge in [0.1, 0.15) is 5.94 Å². The van der Waals surface area contributed by atoms with Crippen LogP contribution in [-0.4, -0.2) is 10.1 Å². The Morgan fingerprint density at radius 3 is 2.58 bits per heavy atom. The highest BCUT2D eigenvalue weighted by molar-refractivity contribution is 7.85. The third kappa shape index (κ3) is 4.06. The molecule has 0 fully saturated rings. The molecule has 100 valence electrons. The zero-order valence-corrected chi connectivity index (χ0v) is 11.8. The molecule has 19 heavy (non-hydrogen) atoms. The van der Waals surface area contributed by atoms with Gasteiger partial charge in [0.25, 0.3) is 0 Å². The van der Waals surface area contributed by atoms with E-state index in [0.717, 1.165) is 5.56 Å². The molecule has 2 rings (SSSR count). The molecule has 2 aromatic carbocycles. The Morgan fingerprint density at radius 2 is 1.89 bits per heavy atom. The quantitative estimate of drug-likeness (QED) is 0.862. The lowest BCUT2D eigenvalue weighted by Crippen LogP contribution is -2.04. The Bertz CT molecular complexity index is 575. The Balaban J connectivity index is 1.91. The van der Waals surface area contributed by atoms with E-state index >= 15 is 0 Å². The number of anilines is 1. The number of halogens is 1. The Morgan fingerprint density at radius 1 is 1.16 bits per heavy atom. The van der Waals surface area contributed by atoms with Gasteiger partial charge in [0.2, 0.25) is 0 Å². The van der Waals surface area contributed by atoms with Gasteiger partial charge in [0, 0.05) is 5.69 Å². The first-order chi connectivity index (χ1) is 9.16. The van der Waals surface area contributed by atoms with E-state index in [2.05, 4.69) is 0 Å². The molecule has 3 nitrogen and oxygen atoms in total. The van der Waals surface area contributed by atoms with Crippen molar-refractivity contribution in [1.29, 1.82) is 0 Å². The third-order valence-electron chi connectivity index (χ3n) is 2.50. The summed E-state index contributed by atoms with van der Waals surface area (Å²) < 4.78 is 17.5. The fraction of sp³-hybridized carbons (Fsp3) is 0.143. The van der Waals surface area contributed by atoms with Crippen molar-refractivity contribution in [2.45, 2.75) is 11.5 Å². The van der Waals surface area contributed by atoms with E-state index in [0.29, 0.717) is 22.2 Å².